The van der Waals surface area contributed by atoms with Gasteiger partial charge in [0.1, 0.15) is 22.5 Å². The zero-order valence-corrected chi connectivity index (χ0v) is 22.6. The van der Waals surface area contributed by atoms with Crippen LogP contribution in [0.15, 0.2) is 24.3 Å². The third-order valence-electron chi connectivity index (χ3n) is 6.34. The van der Waals surface area contributed by atoms with E-state index in [2.05, 4.69) is 11.0 Å². The highest BCUT2D eigenvalue weighted by Gasteiger charge is 2.28. The number of halogens is 1. The Labute approximate surface area is 220 Å². The Bertz CT molecular complexity index is 1440. The summed E-state index contributed by atoms with van der Waals surface area (Å²) >= 11 is 2.85. The predicted molar refractivity (Wildman–Crippen MR) is 143 cm³/mol. The number of thiol groups is 1. The molecule has 0 bridgehead atoms. The van der Waals surface area contributed by atoms with Gasteiger partial charge in [-0.3, -0.25) is 0 Å². The summed E-state index contributed by atoms with van der Waals surface area (Å²) in [6.07, 6.45) is 2.72. The van der Waals surface area contributed by atoms with Gasteiger partial charge in [0.05, 0.1) is 17.5 Å². The summed E-state index contributed by atoms with van der Waals surface area (Å²) in [5.74, 6) is 0.473. The number of likely N-dealkylation sites (N-methyl/N-ethyl adjacent to an activating group) is 1. The quantitative estimate of drug-likeness (QED) is 0.351. The smallest absolute Gasteiger partial charge is 0.216 e. The zero-order valence-electron chi connectivity index (χ0n) is 20.0. The Kier molecular flexibility index (Phi) is 7.03. The zero-order chi connectivity index (χ0) is 25.4. The molecule has 0 aliphatic carbocycles. The van der Waals surface area contributed by atoms with Crippen molar-refractivity contribution in [3.05, 3.63) is 40.7 Å². The highest BCUT2D eigenvalue weighted by atomic mass is 32.2. The van der Waals surface area contributed by atoms with Crippen molar-refractivity contribution in [3.8, 4) is 17.3 Å². The highest BCUT2D eigenvalue weighted by Crippen LogP contribution is 2.38. The molecule has 1 aliphatic rings. The summed E-state index contributed by atoms with van der Waals surface area (Å²) in [6.45, 7) is 3.69. The number of benzene rings is 1. The van der Waals surface area contributed by atoms with Crippen molar-refractivity contribution >= 4 is 55.6 Å². The minimum Gasteiger partial charge on any atom is -0.345 e. The van der Waals surface area contributed by atoms with E-state index in [1.165, 1.54) is 34.8 Å². The van der Waals surface area contributed by atoms with E-state index in [4.69, 9.17) is 15.1 Å². The van der Waals surface area contributed by atoms with Crippen molar-refractivity contribution in [2.24, 2.45) is 0 Å². The molecule has 36 heavy (non-hydrogen) atoms. The fourth-order valence-electron chi connectivity index (χ4n) is 4.39. The number of aryl methyl sites for hydroxylation is 1. The molecule has 13 heteroatoms. The molecule has 0 spiro atoms. The lowest BCUT2D eigenvalue weighted by Crippen LogP contribution is -2.45. The van der Waals surface area contributed by atoms with Crippen molar-refractivity contribution in [3.63, 3.8) is 0 Å². The van der Waals surface area contributed by atoms with Crippen LogP contribution >= 0.6 is 22.7 Å². The van der Waals surface area contributed by atoms with Gasteiger partial charge < -0.3 is 9.80 Å². The molecule has 1 aliphatic heterocycles. The van der Waals surface area contributed by atoms with E-state index in [0.29, 0.717) is 27.7 Å². The van der Waals surface area contributed by atoms with E-state index < -0.39 is 0 Å². The fraction of sp³-hybridized carbons (Fsp3) is 0.391. The Morgan fingerprint density at radius 1 is 1.25 bits per heavy atom. The summed E-state index contributed by atoms with van der Waals surface area (Å²) in [4.78, 5) is 15.0. The topological polar surface area (TPSA) is 93.7 Å². The van der Waals surface area contributed by atoms with E-state index in [0.717, 1.165) is 47.5 Å². The van der Waals surface area contributed by atoms with Crippen molar-refractivity contribution < 1.29 is 8.60 Å². The maximum atomic E-state index is 13.4. The average molecular weight is 545 g/mol. The first-order valence-corrected chi connectivity index (χ1v) is 13.9. The largest absolute Gasteiger partial charge is 0.345 e. The summed E-state index contributed by atoms with van der Waals surface area (Å²) in [5, 5.41) is 16.2. The minimum absolute atomic E-state index is 0.0285. The molecule has 1 fully saturated rings. The molecular formula is C23H25FN8OS3. The molecule has 1 unspecified atom stereocenters. The summed E-state index contributed by atoms with van der Waals surface area (Å²) in [6, 6.07) is 8.42. The average Bonchev–Trinajstić information content (AvgIpc) is 3.61. The molecule has 4 heterocycles. The van der Waals surface area contributed by atoms with Gasteiger partial charge in [0.15, 0.2) is 10.9 Å². The molecule has 3 aromatic heterocycles. The maximum Gasteiger partial charge on any atom is 0.216 e. The molecule has 1 aromatic carbocycles. The van der Waals surface area contributed by atoms with Crippen LogP contribution in [0, 0.1) is 17.1 Å². The van der Waals surface area contributed by atoms with Gasteiger partial charge in [0.25, 0.3) is 0 Å². The third-order valence-corrected chi connectivity index (χ3v) is 8.93. The number of nitrogens with zero attached hydrogens (tertiary/aromatic N) is 8. The van der Waals surface area contributed by atoms with Crippen LogP contribution in [0.2, 0.25) is 0 Å². The van der Waals surface area contributed by atoms with Crippen LogP contribution in [0.1, 0.15) is 30.3 Å². The SMILES string of the molecule is CCc1nc2sc(N3CCCC(N(C)[SH]=O)C3)nn2c1N(C)c1nc(-c2ccc(F)cc2)c(C#N)s1. The number of thiazole rings is 1. The van der Waals surface area contributed by atoms with Gasteiger partial charge in [-0.2, -0.15) is 9.78 Å². The van der Waals surface area contributed by atoms with Gasteiger partial charge >= 0.3 is 0 Å². The third kappa shape index (κ3) is 4.50. The molecule has 0 saturated carbocycles. The number of hydrogen-bond donors (Lipinski definition) is 1. The van der Waals surface area contributed by atoms with Crippen LogP contribution in [0.5, 0.6) is 0 Å². The van der Waals surface area contributed by atoms with Crippen LogP contribution < -0.4 is 9.80 Å². The Morgan fingerprint density at radius 2 is 2.03 bits per heavy atom. The van der Waals surface area contributed by atoms with Crippen LogP contribution in [0.4, 0.5) is 20.5 Å². The van der Waals surface area contributed by atoms with Crippen LogP contribution in [-0.4, -0.2) is 61.3 Å². The molecular weight excluding hydrogens is 520 g/mol. The van der Waals surface area contributed by atoms with Gasteiger partial charge in [-0.25, -0.2) is 22.9 Å². The second-order valence-corrected chi connectivity index (χ2v) is 11.3. The van der Waals surface area contributed by atoms with Crippen LogP contribution in [0.25, 0.3) is 16.2 Å². The number of aromatic nitrogens is 4. The lowest BCUT2D eigenvalue weighted by Gasteiger charge is -2.34. The lowest BCUT2D eigenvalue weighted by atomic mass is 10.1. The molecule has 5 rings (SSSR count). The number of fused-ring (bicyclic) bond motifs is 1. The molecule has 1 saturated heterocycles. The first kappa shape index (κ1) is 24.8. The van der Waals surface area contributed by atoms with Gasteiger partial charge in [-0.05, 0) is 50.6 Å². The maximum absolute atomic E-state index is 13.4. The summed E-state index contributed by atoms with van der Waals surface area (Å²) in [7, 11) is 3.76. The Balaban J connectivity index is 1.50. The predicted octanol–water partition coefficient (Wildman–Crippen LogP) is 4.02. The van der Waals surface area contributed by atoms with Crippen molar-refractivity contribution in [1.29, 1.82) is 5.26 Å². The van der Waals surface area contributed by atoms with Crippen molar-refractivity contribution in [2.75, 3.05) is 37.0 Å². The monoisotopic (exact) mass is 544 g/mol. The number of hydrogen-bond acceptors (Lipinski definition) is 9. The van der Waals surface area contributed by atoms with Gasteiger partial charge in [0, 0.05) is 31.7 Å². The number of rotatable bonds is 7. The first-order valence-electron chi connectivity index (χ1n) is 11.5. The second kappa shape index (κ2) is 10.2. The van der Waals surface area contributed by atoms with Gasteiger partial charge in [-0.15, -0.1) is 5.10 Å². The first-order chi connectivity index (χ1) is 17.4. The molecule has 0 radical (unpaired) electrons. The minimum atomic E-state index is -0.335. The number of nitriles is 1. The molecule has 1 atom stereocenters. The van der Waals surface area contributed by atoms with Crippen LogP contribution in [0.3, 0.4) is 0 Å². The van der Waals surface area contributed by atoms with E-state index in [1.807, 2.05) is 34.7 Å². The highest BCUT2D eigenvalue weighted by molar-refractivity contribution is 7.63. The number of anilines is 3. The fourth-order valence-corrected chi connectivity index (χ4v) is 6.51. The number of piperidine rings is 1. The van der Waals surface area contributed by atoms with E-state index in [9.17, 15) is 13.9 Å². The summed E-state index contributed by atoms with van der Waals surface area (Å²) in [5.41, 5.74) is 2.11. The number of imidazole rings is 1. The lowest BCUT2D eigenvalue weighted by molar-refractivity contribution is 0.339. The molecule has 9 nitrogen and oxygen atoms in total. The van der Waals surface area contributed by atoms with Crippen LogP contribution in [-0.2, 0) is 18.3 Å². The molecule has 4 aromatic rings. The Morgan fingerprint density at radius 3 is 2.72 bits per heavy atom. The van der Waals surface area contributed by atoms with Crippen molar-refractivity contribution in [2.45, 2.75) is 32.2 Å². The van der Waals surface area contributed by atoms with Crippen molar-refractivity contribution in [1.82, 2.24) is 23.9 Å². The molecule has 188 valence electrons. The second-order valence-electron chi connectivity index (χ2n) is 8.56. The standard InChI is InChI=1S/C23H25FN8OS3/c1-4-17-20(29(2)21-27-19(18(12-25)34-21)14-7-9-15(24)10-8-14)32-22(26-17)35-23(28-32)31-11-5-6-16(13-31)30(3)36-33/h7-10,16,36H,4-6,11,13H2,1-3H3. The van der Waals surface area contributed by atoms with E-state index in [1.54, 1.807) is 12.1 Å². The van der Waals surface area contributed by atoms with Gasteiger partial charge in [-0.1, -0.05) is 29.6 Å². The molecule has 0 N–H and O–H groups in total. The van der Waals surface area contributed by atoms with Gasteiger partial charge in [0.2, 0.25) is 10.1 Å². The normalized spacial score (nSPS) is 16.1. The summed E-state index contributed by atoms with van der Waals surface area (Å²) < 4.78 is 28.5. The molecule has 0 amide bonds. The van der Waals surface area contributed by atoms with E-state index >= 15 is 0 Å². The van der Waals surface area contributed by atoms with E-state index in [-0.39, 0.29) is 23.7 Å². The Hall–Kier alpha value is -2.92.